The van der Waals surface area contributed by atoms with E-state index in [4.69, 9.17) is 18.5 Å². The molecule has 1 saturated heterocycles. The highest BCUT2D eigenvalue weighted by Crippen LogP contribution is 2.48. The van der Waals surface area contributed by atoms with Crippen molar-refractivity contribution < 1.29 is 38.1 Å². The van der Waals surface area contributed by atoms with Crippen molar-refractivity contribution in [3.8, 4) is 5.75 Å². The van der Waals surface area contributed by atoms with Gasteiger partial charge in [-0.15, -0.1) is 0 Å². The van der Waals surface area contributed by atoms with Crippen LogP contribution in [0.25, 0.3) is 10.4 Å². The highest BCUT2D eigenvalue weighted by Gasteiger charge is 2.56. The average Bonchev–Trinajstić information content (AvgIpc) is 3.21. The van der Waals surface area contributed by atoms with Gasteiger partial charge >= 0.3 is 19.4 Å². The average molecular weight is 602 g/mol. The van der Waals surface area contributed by atoms with Crippen LogP contribution in [0.3, 0.4) is 0 Å². The van der Waals surface area contributed by atoms with Crippen LogP contribution in [0.1, 0.15) is 18.7 Å². The topological polar surface area (TPSA) is 227 Å². The summed E-state index contributed by atoms with van der Waals surface area (Å²) in [6.07, 6.45) is -4.51. The number of H-pyrrole nitrogens is 1. The number of rotatable bonds is 12. The minimum atomic E-state index is -4.54. The van der Waals surface area contributed by atoms with Crippen molar-refractivity contribution >= 4 is 13.7 Å². The van der Waals surface area contributed by atoms with Gasteiger partial charge in [-0.05, 0) is 30.2 Å². The maximum Gasteiger partial charge on any atom is 0.459 e. The van der Waals surface area contributed by atoms with E-state index >= 15 is 0 Å². The number of esters is 1. The molecule has 0 bridgehead atoms. The van der Waals surface area contributed by atoms with Crippen LogP contribution >= 0.6 is 7.75 Å². The summed E-state index contributed by atoms with van der Waals surface area (Å²) in [5.41, 5.74) is 5.79. The number of para-hydroxylation sites is 1. The summed E-state index contributed by atoms with van der Waals surface area (Å²) in [6, 6.07) is 16.4. The molecule has 16 nitrogen and oxygen atoms in total. The van der Waals surface area contributed by atoms with E-state index in [-0.39, 0.29) is 12.4 Å². The molecule has 0 saturated carbocycles. The van der Waals surface area contributed by atoms with E-state index in [1.54, 1.807) is 48.5 Å². The Bertz CT molecular complexity index is 1600. The Morgan fingerprint density at radius 2 is 1.86 bits per heavy atom. The summed E-state index contributed by atoms with van der Waals surface area (Å²) in [5, 5.41) is 27.4. The summed E-state index contributed by atoms with van der Waals surface area (Å²) < 4.78 is 36.6. The molecule has 1 aromatic heterocycles. The zero-order valence-corrected chi connectivity index (χ0v) is 22.9. The van der Waals surface area contributed by atoms with Crippen molar-refractivity contribution in [2.24, 2.45) is 5.11 Å². The van der Waals surface area contributed by atoms with Crippen LogP contribution in [0.2, 0.25) is 0 Å². The summed E-state index contributed by atoms with van der Waals surface area (Å²) in [4.78, 5) is 41.0. The second kappa shape index (κ2) is 13.1. The van der Waals surface area contributed by atoms with E-state index < -0.39 is 61.8 Å². The van der Waals surface area contributed by atoms with Crippen molar-refractivity contribution in [3.63, 3.8) is 0 Å². The number of aliphatic hydroxyl groups excluding tert-OH is 2. The zero-order valence-electron chi connectivity index (χ0n) is 22.0. The number of azide groups is 1. The molecule has 4 rings (SSSR count). The van der Waals surface area contributed by atoms with Gasteiger partial charge in [-0.2, -0.15) is 5.09 Å². The fourth-order valence-corrected chi connectivity index (χ4v) is 5.47. The first-order valence-electron chi connectivity index (χ1n) is 12.4. The predicted octanol–water partition coefficient (Wildman–Crippen LogP) is 1.72. The number of carbonyl (C=O) groups excluding carboxylic acids is 1. The molecule has 3 aromatic rings. The Labute approximate surface area is 237 Å². The second-order valence-electron chi connectivity index (χ2n) is 9.11. The lowest BCUT2D eigenvalue weighted by Crippen LogP contribution is -2.45. The quantitative estimate of drug-likeness (QED) is 0.0767. The fourth-order valence-electron chi connectivity index (χ4n) is 3.96. The van der Waals surface area contributed by atoms with Crippen LogP contribution in [0.5, 0.6) is 5.75 Å². The van der Waals surface area contributed by atoms with E-state index in [2.05, 4.69) is 15.1 Å². The van der Waals surface area contributed by atoms with Gasteiger partial charge in [-0.1, -0.05) is 53.6 Å². The lowest BCUT2D eigenvalue weighted by molar-refractivity contribution is -0.146. The number of nitrogens with one attached hydrogen (secondary N) is 2. The molecule has 4 N–H and O–H groups in total. The molecule has 1 unspecified atom stereocenters. The highest BCUT2D eigenvalue weighted by molar-refractivity contribution is 7.52. The summed E-state index contributed by atoms with van der Waals surface area (Å²) in [5.74, 6) is -0.726. The monoisotopic (exact) mass is 602 g/mol. The molecule has 6 atom stereocenters. The number of hydrogen-bond donors (Lipinski definition) is 4. The smallest absolute Gasteiger partial charge is 0.459 e. The fraction of sp³-hybridized carbons (Fsp3) is 0.320. The maximum absolute atomic E-state index is 13.9. The number of aromatic nitrogens is 2. The van der Waals surface area contributed by atoms with Gasteiger partial charge in [0.25, 0.3) is 5.56 Å². The molecule has 0 radical (unpaired) electrons. The van der Waals surface area contributed by atoms with Crippen molar-refractivity contribution in [1.29, 1.82) is 0 Å². The van der Waals surface area contributed by atoms with E-state index in [9.17, 15) is 34.7 Å². The Morgan fingerprint density at radius 1 is 1.19 bits per heavy atom. The van der Waals surface area contributed by atoms with Crippen LogP contribution in [-0.2, 0) is 30.0 Å². The lowest BCUT2D eigenvalue weighted by Gasteiger charge is -2.29. The van der Waals surface area contributed by atoms with Crippen molar-refractivity contribution in [2.45, 2.75) is 43.7 Å². The minimum absolute atomic E-state index is 0.0557. The number of hydrogen-bond acceptors (Lipinski definition) is 11. The number of carbonyl (C=O) groups is 1. The SMILES string of the molecule is C[C@H](NP(=O)(OC[C@@]1(N=[N+]=[N-])O[C@@H](n2ccc(=O)[nH]c2=O)[C@@H](O)[C@H]1O)Oc1ccccc1)C(=O)OCc1ccccc1. The first-order valence-corrected chi connectivity index (χ1v) is 14.0. The molecule has 222 valence electrons. The van der Waals surface area contributed by atoms with E-state index in [1.165, 1.54) is 19.1 Å². The van der Waals surface area contributed by atoms with Crippen LogP contribution in [-0.4, -0.2) is 56.3 Å². The van der Waals surface area contributed by atoms with Crippen molar-refractivity contribution in [2.75, 3.05) is 6.61 Å². The number of benzene rings is 2. The normalized spacial score (nSPS) is 23.7. The van der Waals surface area contributed by atoms with E-state index in [0.29, 0.717) is 0 Å². The molecule has 1 aliphatic rings. The van der Waals surface area contributed by atoms with Gasteiger partial charge in [0.05, 0.1) is 6.61 Å². The molecule has 0 aliphatic carbocycles. The molecule has 2 aromatic carbocycles. The zero-order chi connectivity index (χ0) is 30.3. The first kappa shape index (κ1) is 30.7. The molecular formula is C25H27N6O10P. The minimum Gasteiger partial charge on any atom is -0.460 e. The lowest BCUT2D eigenvalue weighted by atomic mass is 10.1. The third-order valence-corrected chi connectivity index (χ3v) is 7.71. The molecule has 0 spiro atoms. The van der Waals surface area contributed by atoms with Gasteiger partial charge < -0.3 is 24.2 Å². The van der Waals surface area contributed by atoms with Gasteiger partial charge in [0.2, 0.25) is 5.72 Å². The molecule has 0 amide bonds. The van der Waals surface area contributed by atoms with Crippen LogP contribution in [0.15, 0.2) is 87.6 Å². The molecule has 2 heterocycles. The summed E-state index contributed by atoms with van der Waals surface area (Å²) >= 11 is 0. The van der Waals surface area contributed by atoms with Crippen LogP contribution in [0, 0.1) is 0 Å². The first-order chi connectivity index (χ1) is 20.1. The number of ether oxygens (including phenoxy) is 2. The Hall–Kier alpha value is -4.27. The summed E-state index contributed by atoms with van der Waals surface area (Å²) in [6.45, 7) is 0.316. The maximum atomic E-state index is 13.9. The van der Waals surface area contributed by atoms with E-state index in [0.717, 1.165) is 22.4 Å². The molecule has 17 heteroatoms. The van der Waals surface area contributed by atoms with Crippen LogP contribution < -0.4 is 20.9 Å². The molecule has 1 fully saturated rings. The Morgan fingerprint density at radius 3 is 2.50 bits per heavy atom. The van der Waals surface area contributed by atoms with Crippen molar-refractivity contribution in [1.82, 2.24) is 14.6 Å². The Kier molecular flexibility index (Phi) is 9.60. The number of aliphatic hydroxyl groups is 2. The standard InChI is InChI=1S/C25H27N6O10P/c1-16(23(35)38-14-17-8-4-2-5-9-17)28-42(37,41-18-10-6-3-7-11-18)39-15-25(29-30-26)21(34)20(33)22(40-25)31-13-12-19(32)27-24(31)36/h2-13,16,20-22,33-34H,14-15H2,1H3,(H,28,37)(H,27,32,36)/t16-,20-,21+,22+,25+,42?/m0/s1. The predicted molar refractivity (Wildman–Crippen MR) is 145 cm³/mol. The van der Waals surface area contributed by atoms with Gasteiger partial charge in [0.1, 0.15) is 30.6 Å². The highest BCUT2D eigenvalue weighted by atomic mass is 31.2. The molecule has 42 heavy (non-hydrogen) atoms. The van der Waals surface area contributed by atoms with Crippen molar-refractivity contribution in [3.05, 3.63) is 110 Å². The Balaban J connectivity index is 1.56. The number of nitrogens with zero attached hydrogens (tertiary/aromatic N) is 4. The molecule has 1 aliphatic heterocycles. The molecular weight excluding hydrogens is 575 g/mol. The largest absolute Gasteiger partial charge is 0.460 e. The summed E-state index contributed by atoms with van der Waals surface area (Å²) in [7, 11) is -4.54. The number of aromatic amines is 1. The van der Waals surface area contributed by atoms with Gasteiger partial charge in [0.15, 0.2) is 6.23 Å². The van der Waals surface area contributed by atoms with Crippen LogP contribution in [0.4, 0.5) is 0 Å². The second-order valence-corrected chi connectivity index (χ2v) is 10.8. The van der Waals surface area contributed by atoms with E-state index in [1.807, 2.05) is 4.98 Å². The third-order valence-electron chi connectivity index (χ3n) is 6.08. The third kappa shape index (κ3) is 7.13. The van der Waals surface area contributed by atoms with Gasteiger partial charge in [-0.25, -0.2) is 9.36 Å². The van der Waals surface area contributed by atoms with Gasteiger partial charge in [-0.3, -0.25) is 23.7 Å². The van der Waals surface area contributed by atoms with Gasteiger partial charge in [0, 0.05) is 17.2 Å².